The zero-order chi connectivity index (χ0) is 19.3. The van der Waals surface area contributed by atoms with Gasteiger partial charge >= 0.3 is 5.97 Å². The molecule has 1 saturated heterocycles. The van der Waals surface area contributed by atoms with Gasteiger partial charge in [0.15, 0.2) is 6.61 Å². The second kappa shape index (κ2) is 8.50. The van der Waals surface area contributed by atoms with Gasteiger partial charge in [-0.2, -0.15) is 4.31 Å². The maximum Gasteiger partial charge on any atom is 0.341 e. The van der Waals surface area contributed by atoms with Crippen LogP contribution in [0.3, 0.4) is 0 Å². The zero-order valence-corrected chi connectivity index (χ0v) is 15.7. The minimum absolute atomic E-state index is 0.0332. The summed E-state index contributed by atoms with van der Waals surface area (Å²) in [5.74, 6) is -1.01. The number of hydrogen-bond acceptors (Lipinski definition) is 5. The van der Waals surface area contributed by atoms with Crippen LogP contribution in [0, 0.1) is 6.92 Å². The van der Waals surface area contributed by atoms with Crippen LogP contribution in [0.1, 0.15) is 31.7 Å². The number of aryl methyl sites for hydroxylation is 1. The van der Waals surface area contributed by atoms with Crippen LogP contribution in [-0.4, -0.2) is 54.7 Å². The Hall–Kier alpha value is -2.13. The Morgan fingerprint density at radius 2 is 2.12 bits per heavy atom. The van der Waals surface area contributed by atoms with Gasteiger partial charge in [0.1, 0.15) is 11.8 Å². The number of aliphatic carboxylic acids is 1. The molecule has 1 aromatic rings. The predicted molar refractivity (Wildman–Crippen MR) is 96.7 cm³/mol. The van der Waals surface area contributed by atoms with Gasteiger partial charge in [-0.1, -0.05) is 6.92 Å². The van der Waals surface area contributed by atoms with Crippen molar-refractivity contribution in [2.45, 2.75) is 39.2 Å². The van der Waals surface area contributed by atoms with Crippen LogP contribution in [-0.2, 0) is 19.6 Å². The first kappa shape index (κ1) is 20.2. The van der Waals surface area contributed by atoms with Gasteiger partial charge in [0.05, 0.1) is 5.75 Å². The second-order valence-corrected chi connectivity index (χ2v) is 8.27. The topological polar surface area (TPSA) is 113 Å². The van der Waals surface area contributed by atoms with E-state index in [9.17, 15) is 18.0 Å². The Morgan fingerprint density at radius 3 is 2.73 bits per heavy atom. The highest BCUT2D eigenvalue weighted by Crippen LogP contribution is 2.25. The van der Waals surface area contributed by atoms with Crippen molar-refractivity contribution < 1.29 is 27.9 Å². The van der Waals surface area contributed by atoms with Crippen molar-refractivity contribution >= 4 is 27.6 Å². The summed E-state index contributed by atoms with van der Waals surface area (Å²) in [5, 5.41) is 11.4. The fraction of sp³-hybridized carbons (Fsp3) is 0.529. The first-order valence-corrected chi connectivity index (χ1v) is 10.1. The number of nitrogens with zero attached hydrogens (tertiary/aromatic N) is 1. The largest absolute Gasteiger partial charge is 0.482 e. The van der Waals surface area contributed by atoms with Gasteiger partial charge < -0.3 is 15.2 Å². The molecular formula is C17H24N2O6S. The molecule has 0 spiro atoms. The van der Waals surface area contributed by atoms with E-state index in [4.69, 9.17) is 9.84 Å². The lowest BCUT2D eigenvalue weighted by Gasteiger charge is -2.23. The van der Waals surface area contributed by atoms with Gasteiger partial charge in [0.2, 0.25) is 15.9 Å². The average Bonchev–Trinajstić information content (AvgIpc) is 3.06. The van der Waals surface area contributed by atoms with Crippen molar-refractivity contribution in [1.82, 2.24) is 4.31 Å². The third-order valence-corrected chi connectivity index (χ3v) is 6.22. The normalized spacial score (nSPS) is 17.8. The molecule has 1 atom stereocenters. The molecule has 1 amide bonds. The molecule has 9 heteroatoms. The fourth-order valence-electron chi connectivity index (χ4n) is 2.94. The molecule has 0 radical (unpaired) electrons. The number of anilines is 1. The van der Waals surface area contributed by atoms with Gasteiger partial charge in [0, 0.05) is 12.2 Å². The van der Waals surface area contributed by atoms with Crippen LogP contribution in [0.5, 0.6) is 5.75 Å². The molecule has 0 saturated carbocycles. The summed E-state index contributed by atoms with van der Waals surface area (Å²) < 4.78 is 31.0. The maximum atomic E-state index is 12.6. The number of amides is 1. The number of nitrogens with one attached hydrogen (secondary N) is 1. The number of carboxylic acids is 1. The first-order valence-electron chi connectivity index (χ1n) is 8.50. The zero-order valence-electron chi connectivity index (χ0n) is 14.9. The number of carbonyl (C=O) groups is 2. The van der Waals surface area contributed by atoms with E-state index in [2.05, 4.69) is 5.32 Å². The maximum absolute atomic E-state index is 12.6. The Balaban J connectivity index is 2.08. The second-order valence-electron chi connectivity index (χ2n) is 6.23. The summed E-state index contributed by atoms with van der Waals surface area (Å²) in [4.78, 5) is 23.1. The van der Waals surface area contributed by atoms with E-state index in [-0.39, 0.29) is 11.7 Å². The standard InChI is InChI=1S/C17H24N2O6S/c1-3-9-26(23,24)19-8-4-5-15(19)17(22)18-14-7-6-13(10-12(14)2)25-11-16(20)21/h6-7,10,15H,3-5,8-9,11H2,1-2H3,(H,18,22)(H,20,21). The molecule has 26 heavy (non-hydrogen) atoms. The summed E-state index contributed by atoms with van der Waals surface area (Å²) in [6.07, 6.45) is 1.65. The fourth-order valence-corrected chi connectivity index (χ4v) is 4.68. The van der Waals surface area contributed by atoms with E-state index in [1.54, 1.807) is 32.0 Å². The molecule has 2 rings (SSSR count). The molecule has 1 fully saturated rings. The molecule has 144 valence electrons. The summed E-state index contributed by atoms with van der Waals surface area (Å²) >= 11 is 0. The van der Waals surface area contributed by atoms with Crippen LogP contribution in [0.2, 0.25) is 0 Å². The van der Waals surface area contributed by atoms with E-state index >= 15 is 0 Å². The molecule has 2 N–H and O–H groups in total. The van der Waals surface area contributed by atoms with Gasteiger partial charge in [0.25, 0.3) is 0 Å². The molecule has 1 heterocycles. The Kier molecular flexibility index (Phi) is 6.60. The van der Waals surface area contributed by atoms with Crippen molar-refractivity contribution in [1.29, 1.82) is 0 Å². The Bertz CT molecular complexity index is 777. The first-order chi connectivity index (χ1) is 12.2. The number of benzene rings is 1. The average molecular weight is 384 g/mol. The highest BCUT2D eigenvalue weighted by Gasteiger charge is 2.38. The van der Waals surface area contributed by atoms with E-state index in [0.717, 1.165) is 0 Å². The van der Waals surface area contributed by atoms with Crippen LogP contribution >= 0.6 is 0 Å². The lowest BCUT2D eigenvalue weighted by Crippen LogP contribution is -2.44. The third-order valence-electron chi connectivity index (χ3n) is 4.14. The smallest absolute Gasteiger partial charge is 0.341 e. The number of carbonyl (C=O) groups excluding carboxylic acids is 1. The monoisotopic (exact) mass is 384 g/mol. The van der Waals surface area contributed by atoms with E-state index in [1.807, 2.05) is 0 Å². The van der Waals surface area contributed by atoms with Crippen molar-refractivity contribution in [3.8, 4) is 5.75 Å². The molecule has 0 aliphatic carbocycles. The van der Waals surface area contributed by atoms with E-state index in [1.165, 1.54) is 4.31 Å². The van der Waals surface area contributed by atoms with Crippen LogP contribution in [0.4, 0.5) is 5.69 Å². The minimum Gasteiger partial charge on any atom is -0.482 e. The minimum atomic E-state index is -3.43. The van der Waals surface area contributed by atoms with Crippen molar-refractivity contribution in [2.75, 3.05) is 24.2 Å². The highest BCUT2D eigenvalue weighted by atomic mass is 32.2. The van der Waals surface area contributed by atoms with Gasteiger partial charge in [-0.3, -0.25) is 4.79 Å². The van der Waals surface area contributed by atoms with Gasteiger partial charge in [-0.25, -0.2) is 13.2 Å². The van der Waals surface area contributed by atoms with Crippen molar-refractivity contribution in [3.05, 3.63) is 23.8 Å². The molecule has 1 unspecified atom stereocenters. The number of sulfonamides is 1. The lowest BCUT2D eigenvalue weighted by molar-refractivity contribution is -0.139. The van der Waals surface area contributed by atoms with Crippen LogP contribution < -0.4 is 10.1 Å². The molecule has 0 bridgehead atoms. The van der Waals surface area contributed by atoms with Crippen molar-refractivity contribution in [2.24, 2.45) is 0 Å². The summed E-state index contributed by atoms with van der Waals surface area (Å²) in [7, 11) is -3.43. The number of carboxylic acid groups (broad SMARTS) is 1. The van der Waals surface area contributed by atoms with Gasteiger partial charge in [-0.15, -0.1) is 0 Å². The molecule has 8 nitrogen and oxygen atoms in total. The number of hydrogen-bond donors (Lipinski definition) is 2. The molecule has 1 aliphatic rings. The summed E-state index contributed by atoms with van der Waals surface area (Å²) in [6, 6.07) is 4.10. The van der Waals surface area contributed by atoms with Gasteiger partial charge in [-0.05, 0) is 49.9 Å². The summed E-state index contributed by atoms with van der Waals surface area (Å²) in [6.45, 7) is 3.46. The summed E-state index contributed by atoms with van der Waals surface area (Å²) in [5.41, 5.74) is 1.24. The molecule has 1 aliphatic heterocycles. The highest BCUT2D eigenvalue weighted by molar-refractivity contribution is 7.89. The molecule has 1 aromatic carbocycles. The quantitative estimate of drug-likeness (QED) is 0.704. The van der Waals surface area contributed by atoms with Crippen LogP contribution in [0.25, 0.3) is 0 Å². The van der Waals surface area contributed by atoms with Crippen LogP contribution in [0.15, 0.2) is 18.2 Å². The SMILES string of the molecule is CCCS(=O)(=O)N1CCCC1C(=O)Nc1ccc(OCC(=O)O)cc1C. The van der Waals surface area contributed by atoms with E-state index in [0.29, 0.717) is 42.8 Å². The Labute approximate surface area is 153 Å². The lowest BCUT2D eigenvalue weighted by atomic mass is 10.1. The number of rotatable bonds is 8. The number of ether oxygens (including phenoxy) is 1. The third kappa shape index (κ3) is 4.95. The molecular weight excluding hydrogens is 360 g/mol. The Morgan fingerprint density at radius 1 is 1.38 bits per heavy atom. The van der Waals surface area contributed by atoms with E-state index < -0.39 is 28.6 Å². The van der Waals surface area contributed by atoms with Crippen molar-refractivity contribution in [3.63, 3.8) is 0 Å². The predicted octanol–water partition coefficient (Wildman–Crippen LogP) is 1.60. The molecule has 0 aromatic heterocycles.